The van der Waals surface area contributed by atoms with E-state index >= 15 is 0 Å². The Morgan fingerprint density at radius 2 is 1.79 bits per heavy atom. The number of hydrogen-bond acceptors (Lipinski definition) is 7. The Hall–Kier alpha value is -3.30. The van der Waals surface area contributed by atoms with E-state index in [-0.39, 0.29) is 17.0 Å². The zero-order valence-corrected chi connectivity index (χ0v) is 23.5. The summed E-state index contributed by atoms with van der Waals surface area (Å²) in [6.07, 6.45) is 9.55. The Labute approximate surface area is 229 Å². The molecule has 1 aliphatic heterocycles. The number of fused-ring (bicyclic) bond motifs is 1. The molecule has 1 aromatic carbocycles. The van der Waals surface area contributed by atoms with E-state index in [1.54, 1.807) is 6.20 Å². The molecule has 9 heteroatoms. The highest BCUT2D eigenvalue weighted by Gasteiger charge is 2.29. The van der Waals surface area contributed by atoms with Crippen LogP contribution in [0.25, 0.3) is 11.0 Å². The summed E-state index contributed by atoms with van der Waals surface area (Å²) in [5, 5.41) is 3.64. The van der Waals surface area contributed by atoms with Gasteiger partial charge in [-0.2, -0.15) is 4.98 Å². The largest absolute Gasteiger partial charge is 0.328 e. The van der Waals surface area contributed by atoms with Gasteiger partial charge in [-0.3, -0.25) is 14.4 Å². The first-order valence-electron chi connectivity index (χ1n) is 14.1. The first kappa shape index (κ1) is 27.3. The molecule has 39 heavy (non-hydrogen) atoms. The molecule has 1 saturated heterocycles. The lowest BCUT2D eigenvalue weighted by atomic mass is 9.75. The van der Waals surface area contributed by atoms with Crippen LogP contribution in [0, 0.1) is 5.41 Å². The summed E-state index contributed by atoms with van der Waals surface area (Å²) >= 11 is 0. The molecular weight excluding hydrogens is 492 g/mol. The van der Waals surface area contributed by atoms with Crippen LogP contribution in [0.3, 0.4) is 0 Å². The lowest BCUT2D eigenvalue weighted by molar-refractivity contribution is 0.0535. The Morgan fingerprint density at radius 3 is 2.44 bits per heavy atom. The first-order valence-corrected chi connectivity index (χ1v) is 14.1. The molecule has 0 bridgehead atoms. The lowest BCUT2D eigenvalue weighted by Crippen LogP contribution is -2.32. The number of nitrogens with zero attached hydrogens (tertiary/aromatic N) is 4. The standard InChI is InChI=1S/C30H40N6O3/c1-5-35-16-12-21(13-17-35)20-6-8-22(9-7-20)32-29-31-18-24-26(37)25(28(38)34-39-4)19-36(27(24)33-29)23-10-14-30(2,3)15-11-23/h6-9,18-19,21,23H,5,10-17H2,1-4H3,(H,34,38)(H,31,32,33). The molecule has 2 aliphatic rings. The molecule has 1 saturated carbocycles. The van der Waals surface area contributed by atoms with Crippen molar-refractivity contribution in [3.63, 3.8) is 0 Å². The maximum absolute atomic E-state index is 13.2. The molecular formula is C30H40N6O3. The molecule has 2 N–H and O–H groups in total. The number of carbonyl (C=O) groups excluding carboxylic acids is 1. The van der Waals surface area contributed by atoms with Crippen molar-refractivity contribution in [1.82, 2.24) is 24.9 Å². The van der Waals surface area contributed by atoms with Crippen molar-refractivity contribution in [2.45, 2.75) is 71.3 Å². The topological polar surface area (TPSA) is 101 Å². The molecule has 208 valence electrons. The third-order valence-electron chi connectivity index (χ3n) is 8.59. The summed E-state index contributed by atoms with van der Waals surface area (Å²) in [4.78, 5) is 42.4. The highest BCUT2D eigenvalue weighted by Crippen LogP contribution is 2.41. The quantitative estimate of drug-likeness (QED) is 0.405. The molecule has 3 aromatic rings. The summed E-state index contributed by atoms with van der Waals surface area (Å²) in [5.74, 6) is 0.444. The highest BCUT2D eigenvalue weighted by molar-refractivity contribution is 5.96. The van der Waals surface area contributed by atoms with Crippen LogP contribution in [0.4, 0.5) is 11.6 Å². The van der Waals surface area contributed by atoms with E-state index in [9.17, 15) is 9.59 Å². The number of anilines is 2. The van der Waals surface area contributed by atoms with Gasteiger partial charge in [-0.25, -0.2) is 10.5 Å². The molecule has 1 amide bonds. The zero-order valence-electron chi connectivity index (χ0n) is 23.5. The number of nitrogens with one attached hydrogen (secondary N) is 2. The van der Waals surface area contributed by atoms with Crippen molar-refractivity contribution in [2.24, 2.45) is 5.41 Å². The van der Waals surface area contributed by atoms with Crippen molar-refractivity contribution in [3.8, 4) is 0 Å². The van der Waals surface area contributed by atoms with Crippen LogP contribution in [0.2, 0.25) is 0 Å². The number of likely N-dealkylation sites (tertiary alicyclic amines) is 1. The lowest BCUT2D eigenvalue weighted by Gasteiger charge is -2.35. The van der Waals surface area contributed by atoms with Gasteiger partial charge in [-0.15, -0.1) is 0 Å². The Morgan fingerprint density at radius 1 is 1.10 bits per heavy atom. The second-order valence-electron chi connectivity index (χ2n) is 11.7. The predicted molar refractivity (Wildman–Crippen MR) is 153 cm³/mol. The van der Waals surface area contributed by atoms with Crippen molar-refractivity contribution in [2.75, 3.05) is 32.1 Å². The van der Waals surface area contributed by atoms with E-state index in [0.29, 0.717) is 22.9 Å². The molecule has 3 heterocycles. The van der Waals surface area contributed by atoms with Gasteiger partial charge in [0.15, 0.2) is 0 Å². The van der Waals surface area contributed by atoms with Crippen molar-refractivity contribution >= 4 is 28.6 Å². The van der Waals surface area contributed by atoms with E-state index in [2.05, 4.69) is 65.7 Å². The van der Waals surface area contributed by atoms with Crippen molar-refractivity contribution < 1.29 is 9.63 Å². The van der Waals surface area contributed by atoms with E-state index in [1.165, 1.54) is 31.7 Å². The maximum Gasteiger partial charge on any atom is 0.280 e. The van der Waals surface area contributed by atoms with Crippen LogP contribution < -0.4 is 16.2 Å². The second-order valence-corrected chi connectivity index (χ2v) is 11.7. The van der Waals surface area contributed by atoms with Crippen LogP contribution in [0.1, 0.15) is 87.2 Å². The van der Waals surface area contributed by atoms with Crippen LogP contribution in [-0.2, 0) is 4.84 Å². The van der Waals surface area contributed by atoms with Gasteiger partial charge in [0, 0.05) is 24.1 Å². The van der Waals surface area contributed by atoms with Gasteiger partial charge in [0.1, 0.15) is 11.2 Å². The van der Waals surface area contributed by atoms with Gasteiger partial charge < -0.3 is 14.8 Å². The number of amides is 1. The van der Waals surface area contributed by atoms with E-state index < -0.39 is 11.3 Å². The average molecular weight is 533 g/mol. The number of hydrogen-bond donors (Lipinski definition) is 2. The molecule has 5 rings (SSSR count). The van der Waals surface area contributed by atoms with Gasteiger partial charge in [-0.1, -0.05) is 32.9 Å². The van der Waals surface area contributed by atoms with Gasteiger partial charge in [0.2, 0.25) is 11.4 Å². The Kier molecular flexibility index (Phi) is 8.00. The molecule has 0 unspecified atom stereocenters. The Balaban J connectivity index is 1.43. The molecule has 0 radical (unpaired) electrons. The van der Waals surface area contributed by atoms with Crippen LogP contribution in [0.5, 0.6) is 0 Å². The van der Waals surface area contributed by atoms with Crippen molar-refractivity contribution in [3.05, 3.63) is 58.0 Å². The number of rotatable bonds is 7. The summed E-state index contributed by atoms with van der Waals surface area (Å²) in [6, 6.07) is 8.66. The fraction of sp³-hybridized carbons (Fsp3) is 0.533. The zero-order chi connectivity index (χ0) is 27.6. The summed E-state index contributed by atoms with van der Waals surface area (Å²) < 4.78 is 2.00. The number of pyridine rings is 1. The summed E-state index contributed by atoms with van der Waals surface area (Å²) in [6.45, 7) is 10.2. The number of carbonyl (C=O) groups is 1. The number of aromatic nitrogens is 3. The number of hydroxylamine groups is 1. The van der Waals surface area contributed by atoms with Crippen LogP contribution >= 0.6 is 0 Å². The molecule has 2 aromatic heterocycles. The van der Waals surface area contributed by atoms with E-state index in [4.69, 9.17) is 9.82 Å². The second kappa shape index (κ2) is 11.4. The maximum atomic E-state index is 13.2. The third kappa shape index (κ3) is 5.99. The number of piperidine rings is 1. The predicted octanol–water partition coefficient (Wildman–Crippen LogP) is 5.17. The minimum atomic E-state index is -0.572. The monoisotopic (exact) mass is 532 g/mol. The van der Waals surface area contributed by atoms with Gasteiger partial charge in [0.05, 0.1) is 12.5 Å². The first-order chi connectivity index (χ1) is 18.8. The summed E-state index contributed by atoms with van der Waals surface area (Å²) in [5.41, 5.74) is 4.98. The highest BCUT2D eigenvalue weighted by atomic mass is 16.6. The van der Waals surface area contributed by atoms with E-state index in [0.717, 1.165) is 51.0 Å². The number of benzene rings is 1. The van der Waals surface area contributed by atoms with Crippen LogP contribution in [0.15, 0.2) is 41.5 Å². The van der Waals surface area contributed by atoms with Gasteiger partial charge in [0.25, 0.3) is 5.91 Å². The summed E-state index contributed by atoms with van der Waals surface area (Å²) in [7, 11) is 1.35. The molecule has 9 nitrogen and oxygen atoms in total. The SMILES string of the molecule is CCN1CCC(c2ccc(Nc3ncc4c(=O)c(C(=O)NOC)cn(C5CCC(C)(C)CC5)c4n3)cc2)CC1. The third-order valence-corrected chi connectivity index (χ3v) is 8.59. The van der Waals surface area contributed by atoms with Crippen LogP contribution in [-0.4, -0.2) is 52.1 Å². The minimum Gasteiger partial charge on any atom is -0.328 e. The van der Waals surface area contributed by atoms with Gasteiger partial charge >= 0.3 is 0 Å². The molecule has 1 aliphatic carbocycles. The van der Waals surface area contributed by atoms with Gasteiger partial charge in [-0.05, 0) is 87.2 Å². The Bertz CT molecular complexity index is 1370. The molecule has 0 spiro atoms. The van der Waals surface area contributed by atoms with Crippen molar-refractivity contribution in [1.29, 1.82) is 0 Å². The molecule has 2 fully saturated rings. The average Bonchev–Trinajstić information content (AvgIpc) is 2.94. The fourth-order valence-corrected chi connectivity index (χ4v) is 5.99. The van der Waals surface area contributed by atoms with E-state index in [1.807, 2.05) is 4.57 Å². The minimum absolute atomic E-state index is 0.0267. The fourth-order valence-electron chi connectivity index (χ4n) is 5.99. The normalized spacial score (nSPS) is 18.8. The molecule has 0 atom stereocenters. The smallest absolute Gasteiger partial charge is 0.280 e.